The molecular formula is C17H23N3O. The molecule has 1 aliphatic heterocycles. The normalized spacial score (nSPS) is 18.1. The first-order valence-corrected chi connectivity index (χ1v) is 7.75. The van der Waals surface area contributed by atoms with Gasteiger partial charge in [0.15, 0.2) is 0 Å². The van der Waals surface area contributed by atoms with Gasteiger partial charge in [-0.2, -0.15) is 0 Å². The molecule has 0 aliphatic carbocycles. The van der Waals surface area contributed by atoms with Crippen LogP contribution in [0, 0.1) is 5.41 Å². The van der Waals surface area contributed by atoms with Crippen LogP contribution in [-0.2, 0) is 4.79 Å². The number of Topliss-reactive ketones (excluding diaryl/α,β-unsaturated/α-hetero) is 1. The molecule has 0 spiro atoms. The predicted molar refractivity (Wildman–Crippen MR) is 85.6 cm³/mol. The number of benzene rings is 1. The largest absolute Gasteiger partial charge is 0.342 e. The van der Waals surface area contributed by atoms with Crippen molar-refractivity contribution in [2.75, 3.05) is 18.0 Å². The average Bonchev–Trinajstić information content (AvgIpc) is 2.90. The Balaban J connectivity index is 1.66. The first-order chi connectivity index (χ1) is 10.1. The summed E-state index contributed by atoms with van der Waals surface area (Å²) in [4.78, 5) is 21.6. The van der Waals surface area contributed by atoms with E-state index in [9.17, 15) is 4.79 Å². The lowest BCUT2D eigenvalue weighted by atomic mass is 9.76. The van der Waals surface area contributed by atoms with Gasteiger partial charge in [-0.15, -0.1) is 0 Å². The van der Waals surface area contributed by atoms with E-state index in [-0.39, 0.29) is 0 Å². The predicted octanol–water partition coefficient (Wildman–Crippen LogP) is 3.54. The molecule has 2 heterocycles. The molecule has 0 unspecified atom stereocenters. The second-order valence-electron chi connectivity index (χ2n) is 6.58. The number of nitrogens with zero attached hydrogens (tertiary/aromatic N) is 2. The highest BCUT2D eigenvalue weighted by Crippen LogP contribution is 2.36. The number of ketones is 1. The molecule has 2 aromatic rings. The number of anilines is 1. The highest BCUT2D eigenvalue weighted by atomic mass is 16.1. The van der Waals surface area contributed by atoms with Gasteiger partial charge < -0.3 is 14.7 Å². The van der Waals surface area contributed by atoms with Gasteiger partial charge in [0.05, 0.1) is 11.0 Å². The van der Waals surface area contributed by atoms with Crippen molar-refractivity contribution in [3.8, 4) is 0 Å². The molecule has 1 fully saturated rings. The average molecular weight is 285 g/mol. The summed E-state index contributed by atoms with van der Waals surface area (Å²) in [5.41, 5.74) is 2.42. The van der Waals surface area contributed by atoms with Crippen LogP contribution in [0.15, 0.2) is 24.3 Å². The monoisotopic (exact) mass is 285 g/mol. The Bertz CT molecular complexity index is 605. The van der Waals surface area contributed by atoms with Gasteiger partial charge in [-0.05, 0) is 43.7 Å². The summed E-state index contributed by atoms with van der Waals surface area (Å²) in [7, 11) is 0. The number of nitrogens with one attached hydrogen (secondary N) is 1. The van der Waals surface area contributed by atoms with Crippen molar-refractivity contribution in [2.24, 2.45) is 5.41 Å². The summed E-state index contributed by atoms with van der Waals surface area (Å²) in [6.45, 7) is 6.02. The molecule has 112 valence electrons. The third-order valence-electron chi connectivity index (χ3n) is 4.73. The van der Waals surface area contributed by atoms with Gasteiger partial charge in [0.2, 0.25) is 5.95 Å². The number of piperidine rings is 1. The van der Waals surface area contributed by atoms with E-state index < -0.39 is 0 Å². The van der Waals surface area contributed by atoms with Crippen LogP contribution in [-0.4, -0.2) is 28.8 Å². The number of hydrogen-bond acceptors (Lipinski definition) is 3. The molecular weight excluding hydrogens is 262 g/mol. The van der Waals surface area contributed by atoms with E-state index >= 15 is 0 Å². The lowest BCUT2D eigenvalue weighted by molar-refractivity contribution is -0.117. The van der Waals surface area contributed by atoms with Gasteiger partial charge in [0, 0.05) is 19.5 Å². The third-order valence-corrected chi connectivity index (χ3v) is 4.73. The topological polar surface area (TPSA) is 49.0 Å². The summed E-state index contributed by atoms with van der Waals surface area (Å²) in [5, 5.41) is 0. The molecule has 0 radical (unpaired) electrons. The van der Waals surface area contributed by atoms with Crippen LogP contribution < -0.4 is 4.90 Å². The van der Waals surface area contributed by atoms with Crippen molar-refractivity contribution in [2.45, 2.75) is 39.5 Å². The highest BCUT2D eigenvalue weighted by Gasteiger charge is 2.30. The van der Waals surface area contributed by atoms with Crippen molar-refractivity contribution in [1.82, 2.24) is 9.97 Å². The molecule has 1 aromatic carbocycles. The number of hydrogen-bond donors (Lipinski definition) is 1. The molecule has 0 bridgehead atoms. The lowest BCUT2D eigenvalue weighted by Gasteiger charge is -2.39. The fourth-order valence-corrected chi connectivity index (χ4v) is 3.08. The van der Waals surface area contributed by atoms with Crippen molar-refractivity contribution in [1.29, 1.82) is 0 Å². The molecule has 4 nitrogen and oxygen atoms in total. The number of imidazole rings is 1. The van der Waals surface area contributed by atoms with Crippen molar-refractivity contribution in [3.63, 3.8) is 0 Å². The zero-order valence-corrected chi connectivity index (χ0v) is 12.9. The van der Waals surface area contributed by atoms with Crippen molar-refractivity contribution >= 4 is 22.8 Å². The number of fused-ring (bicyclic) bond motifs is 1. The first-order valence-electron chi connectivity index (χ1n) is 7.75. The van der Waals surface area contributed by atoms with Crippen LogP contribution in [0.5, 0.6) is 0 Å². The summed E-state index contributed by atoms with van der Waals surface area (Å²) in [5.74, 6) is 1.28. The summed E-state index contributed by atoms with van der Waals surface area (Å²) >= 11 is 0. The van der Waals surface area contributed by atoms with Gasteiger partial charge in [0.1, 0.15) is 5.78 Å². The Labute approximate surface area is 125 Å². The van der Waals surface area contributed by atoms with Gasteiger partial charge in [-0.1, -0.05) is 19.1 Å². The SMILES string of the molecule is CC(=O)CCC1(C)CCN(c2nc3ccccc3[nH]2)CC1. The van der Waals surface area contributed by atoms with Crippen LogP contribution in [0.3, 0.4) is 0 Å². The summed E-state index contributed by atoms with van der Waals surface area (Å²) in [6, 6.07) is 8.14. The Morgan fingerprint density at radius 2 is 2.05 bits per heavy atom. The number of H-pyrrole nitrogens is 1. The van der Waals surface area contributed by atoms with Crippen LogP contribution in [0.2, 0.25) is 0 Å². The van der Waals surface area contributed by atoms with E-state index in [1.165, 1.54) is 0 Å². The second-order valence-corrected chi connectivity index (χ2v) is 6.58. The molecule has 1 saturated heterocycles. The molecule has 0 saturated carbocycles. The van der Waals surface area contributed by atoms with Gasteiger partial charge in [-0.3, -0.25) is 0 Å². The lowest BCUT2D eigenvalue weighted by Crippen LogP contribution is -2.39. The molecule has 21 heavy (non-hydrogen) atoms. The number of rotatable bonds is 4. The molecule has 1 N–H and O–H groups in total. The maximum Gasteiger partial charge on any atom is 0.203 e. The third kappa shape index (κ3) is 3.09. The van der Waals surface area contributed by atoms with E-state index in [1.54, 1.807) is 6.92 Å². The van der Waals surface area contributed by atoms with Crippen LogP contribution in [0.4, 0.5) is 5.95 Å². The minimum atomic E-state index is 0.300. The van der Waals surface area contributed by atoms with E-state index in [2.05, 4.69) is 27.9 Å². The van der Waals surface area contributed by atoms with Gasteiger partial charge in [0.25, 0.3) is 0 Å². The highest BCUT2D eigenvalue weighted by molar-refractivity contribution is 5.77. The Kier molecular flexibility index (Phi) is 3.70. The Morgan fingerprint density at radius 1 is 1.33 bits per heavy atom. The number of carbonyl (C=O) groups is 1. The summed E-state index contributed by atoms with van der Waals surface area (Å²) in [6.07, 6.45) is 3.96. The van der Waals surface area contributed by atoms with E-state index in [0.29, 0.717) is 17.6 Å². The zero-order chi connectivity index (χ0) is 14.9. The van der Waals surface area contributed by atoms with E-state index in [4.69, 9.17) is 0 Å². The Morgan fingerprint density at radius 3 is 2.71 bits per heavy atom. The number of carbonyl (C=O) groups excluding carboxylic acids is 1. The van der Waals surface area contributed by atoms with E-state index in [0.717, 1.165) is 49.3 Å². The number of para-hydroxylation sites is 2. The van der Waals surface area contributed by atoms with Gasteiger partial charge in [-0.25, -0.2) is 4.98 Å². The smallest absolute Gasteiger partial charge is 0.203 e. The maximum atomic E-state index is 11.2. The molecule has 0 atom stereocenters. The number of aromatic amines is 1. The number of aromatic nitrogens is 2. The molecule has 3 rings (SSSR count). The van der Waals surface area contributed by atoms with E-state index in [1.807, 2.05) is 18.2 Å². The maximum absolute atomic E-state index is 11.2. The van der Waals surface area contributed by atoms with Crippen LogP contribution in [0.1, 0.15) is 39.5 Å². The standard InChI is InChI=1S/C17H23N3O/c1-13(21)7-8-17(2)9-11-20(12-10-17)16-18-14-5-3-4-6-15(14)19-16/h3-6H,7-12H2,1-2H3,(H,18,19). The van der Waals surface area contributed by atoms with Crippen molar-refractivity contribution < 1.29 is 4.79 Å². The molecule has 0 amide bonds. The fourth-order valence-electron chi connectivity index (χ4n) is 3.08. The zero-order valence-electron chi connectivity index (χ0n) is 12.9. The minimum Gasteiger partial charge on any atom is -0.342 e. The fraction of sp³-hybridized carbons (Fsp3) is 0.529. The molecule has 1 aromatic heterocycles. The first kappa shape index (κ1) is 14.1. The molecule has 4 heteroatoms. The molecule has 1 aliphatic rings. The van der Waals surface area contributed by atoms with Gasteiger partial charge >= 0.3 is 0 Å². The quantitative estimate of drug-likeness (QED) is 0.934. The second kappa shape index (κ2) is 5.51. The van der Waals surface area contributed by atoms with Crippen LogP contribution in [0.25, 0.3) is 11.0 Å². The van der Waals surface area contributed by atoms with Crippen molar-refractivity contribution in [3.05, 3.63) is 24.3 Å². The summed E-state index contributed by atoms with van der Waals surface area (Å²) < 4.78 is 0. The Hall–Kier alpha value is -1.84. The van der Waals surface area contributed by atoms with Crippen LogP contribution >= 0.6 is 0 Å². The minimum absolute atomic E-state index is 0.300.